The molecule has 126 valence electrons. The molecule has 6 nitrogen and oxygen atoms in total. The summed E-state index contributed by atoms with van der Waals surface area (Å²) < 4.78 is 15.4. The Balaban J connectivity index is 2.14. The molecule has 0 fully saturated rings. The number of phenols is 1. The Morgan fingerprint density at radius 3 is 2.87 bits per heavy atom. The van der Waals surface area contributed by atoms with Crippen LogP contribution in [0.25, 0.3) is 0 Å². The lowest BCUT2D eigenvalue weighted by Gasteiger charge is -2.16. The van der Waals surface area contributed by atoms with Gasteiger partial charge in [0.05, 0.1) is 13.2 Å². The van der Waals surface area contributed by atoms with Crippen LogP contribution in [0.2, 0.25) is 0 Å². The first-order valence-electron chi connectivity index (χ1n) is 7.35. The van der Waals surface area contributed by atoms with Gasteiger partial charge in [-0.3, -0.25) is 4.99 Å². The molecule has 0 aliphatic carbocycles. The van der Waals surface area contributed by atoms with Crippen molar-refractivity contribution in [2.45, 2.75) is 19.4 Å². The normalized spacial score (nSPS) is 20.2. The quantitative estimate of drug-likeness (QED) is 0.606. The first kappa shape index (κ1) is 17.6. The van der Waals surface area contributed by atoms with Crippen LogP contribution in [0.15, 0.2) is 23.2 Å². The van der Waals surface area contributed by atoms with E-state index in [0.29, 0.717) is 41.9 Å². The molecule has 0 aromatic heterocycles. The van der Waals surface area contributed by atoms with Gasteiger partial charge in [0.15, 0.2) is 5.54 Å². The average Bonchev–Trinajstić information content (AvgIpc) is 2.91. The van der Waals surface area contributed by atoms with Gasteiger partial charge in [0.2, 0.25) is 0 Å². The molecule has 1 aromatic rings. The number of rotatable bonds is 7. The van der Waals surface area contributed by atoms with E-state index in [4.69, 9.17) is 14.2 Å². The highest BCUT2D eigenvalue weighted by Gasteiger charge is 2.40. The molecule has 1 aliphatic heterocycles. The molecule has 0 bridgehead atoms. The number of ether oxygens (including phenoxy) is 3. The standard InChI is InChI=1S/C16H21NO5S/c1-4-21-15(19)16(2)10-23-14(17-16)12-6-5-11(9-13(12)18)22-8-7-20-3/h5-6,9,18H,4,7-8,10H2,1-3H3/t16-/m1/s1. The van der Waals surface area contributed by atoms with Crippen LogP contribution in [0.5, 0.6) is 11.5 Å². The van der Waals surface area contributed by atoms with Gasteiger partial charge in [-0.1, -0.05) is 0 Å². The third-order valence-electron chi connectivity index (χ3n) is 3.31. The molecule has 0 radical (unpaired) electrons. The topological polar surface area (TPSA) is 77.4 Å². The van der Waals surface area contributed by atoms with Gasteiger partial charge in [0, 0.05) is 24.5 Å². The molecule has 1 N–H and O–H groups in total. The monoisotopic (exact) mass is 339 g/mol. The smallest absolute Gasteiger partial charge is 0.334 e. The number of methoxy groups -OCH3 is 1. The van der Waals surface area contributed by atoms with Crippen molar-refractivity contribution in [3.05, 3.63) is 23.8 Å². The SMILES string of the molecule is CCOC(=O)[C@@]1(C)CSC(c2ccc(OCCOC)cc2O)=N1. The molecule has 0 saturated carbocycles. The number of carbonyl (C=O) groups excluding carboxylic acids is 1. The van der Waals surface area contributed by atoms with Crippen LogP contribution < -0.4 is 4.74 Å². The van der Waals surface area contributed by atoms with Crippen molar-refractivity contribution in [3.63, 3.8) is 0 Å². The number of benzene rings is 1. The molecular weight excluding hydrogens is 318 g/mol. The Hall–Kier alpha value is -1.73. The van der Waals surface area contributed by atoms with E-state index in [9.17, 15) is 9.90 Å². The summed E-state index contributed by atoms with van der Waals surface area (Å²) in [5.74, 6) is 0.771. The lowest BCUT2D eigenvalue weighted by molar-refractivity contribution is -0.147. The highest BCUT2D eigenvalue weighted by atomic mass is 32.2. The van der Waals surface area contributed by atoms with E-state index in [-0.39, 0.29) is 11.7 Å². The molecule has 7 heteroatoms. The van der Waals surface area contributed by atoms with Crippen molar-refractivity contribution in [1.82, 2.24) is 0 Å². The Labute approximate surface area is 139 Å². The molecule has 23 heavy (non-hydrogen) atoms. The van der Waals surface area contributed by atoms with Crippen molar-refractivity contribution in [1.29, 1.82) is 0 Å². The van der Waals surface area contributed by atoms with Crippen LogP contribution >= 0.6 is 11.8 Å². The summed E-state index contributed by atoms with van der Waals surface area (Å²) in [7, 11) is 1.60. The Morgan fingerprint density at radius 2 is 2.22 bits per heavy atom. The number of aromatic hydroxyl groups is 1. The van der Waals surface area contributed by atoms with Gasteiger partial charge in [-0.15, -0.1) is 11.8 Å². The number of phenolic OH excluding ortho intramolecular Hbond substituents is 1. The largest absolute Gasteiger partial charge is 0.507 e. The summed E-state index contributed by atoms with van der Waals surface area (Å²) >= 11 is 1.43. The van der Waals surface area contributed by atoms with Crippen LogP contribution in [0.1, 0.15) is 19.4 Å². The number of nitrogens with zero attached hydrogens (tertiary/aromatic N) is 1. The molecule has 1 aromatic carbocycles. The Bertz CT molecular complexity index is 604. The zero-order chi connectivity index (χ0) is 16.9. The first-order chi connectivity index (χ1) is 11.0. The predicted octanol–water partition coefficient (Wildman–Crippen LogP) is 2.23. The summed E-state index contributed by atoms with van der Waals surface area (Å²) in [4.78, 5) is 16.5. The van der Waals surface area contributed by atoms with Gasteiger partial charge in [-0.05, 0) is 26.0 Å². The number of carbonyl (C=O) groups is 1. The molecule has 0 unspecified atom stereocenters. The number of aliphatic imine (C=N–C) groups is 1. The second kappa shape index (κ2) is 7.70. The van der Waals surface area contributed by atoms with E-state index in [1.165, 1.54) is 17.8 Å². The number of esters is 1. The van der Waals surface area contributed by atoms with Gasteiger partial charge < -0.3 is 19.3 Å². The summed E-state index contributed by atoms with van der Waals surface area (Å²) in [5, 5.41) is 10.8. The minimum absolute atomic E-state index is 0.0688. The highest BCUT2D eigenvalue weighted by molar-refractivity contribution is 8.14. The second-order valence-corrected chi connectivity index (χ2v) is 6.18. The molecular formula is C16H21NO5S. The predicted molar refractivity (Wildman–Crippen MR) is 89.5 cm³/mol. The van der Waals surface area contributed by atoms with Gasteiger partial charge in [0.1, 0.15) is 23.1 Å². The van der Waals surface area contributed by atoms with Crippen LogP contribution in [0.4, 0.5) is 0 Å². The maximum Gasteiger partial charge on any atom is 0.334 e. The van der Waals surface area contributed by atoms with Gasteiger partial charge in [-0.25, -0.2) is 4.79 Å². The van der Waals surface area contributed by atoms with Gasteiger partial charge in [0.25, 0.3) is 0 Å². The second-order valence-electron chi connectivity index (χ2n) is 5.22. The Morgan fingerprint density at radius 1 is 1.43 bits per heavy atom. The molecule has 0 amide bonds. The van der Waals surface area contributed by atoms with E-state index in [2.05, 4.69) is 4.99 Å². The number of hydrogen-bond acceptors (Lipinski definition) is 7. The zero-order valence-corrected chi connectivity index (χ0v) is 14.3. The van der Waals surface area contributed by atoms with Gasteiger partial charge >= 0.3 is 5.97 Å². The lowest BCUT2D eigenvalue weighted by atomic mass is 10.1. The van der Waals surface area contributed by atoms with E-state index >= 15 is 0 Å². The van der Waals surface area contributed by atoms with Crippen molar-refractivity contribution >= 4 is 22.8 Å². The summed E-state index contributed by atoms with van der Waals surface area (Å²) in [5.41, 5.74) is -0.321. The van der Waals surface area contributed by atoms with Crippen molar-refractivity contribution < 1.29 is 24.1 Å². The number of hydrogen-bond donors (Lipinski definition) is 1. The molecule has 0 saturated heterocycles. The van der Waals surface area contributed by atoms with Crippen LogP contribution in [0, 0.1) is 0 Å². The van der Waals surface area contributed by atoms with E-state index in [1.807, 2.05) is 0 Å². The summed E-state index contributed by atoms with van der Waals surface area (Å²) in [6, 6.07) is 5.03. The zero-order valence-electron chi connectivity index (χ0n) is 13.5. The summed E-state index contributed by atoms with van der Waals surface area (Å²) in [6.07, 6.45) is 0. The van der Waals surface area contributed by atoms with Gasteiger partial charge in [-0.2, -0.15) is 0 Å². The average molecular weight is 339 g/mol. The molecule has 1 aliphatic rings. The van der Waals surface area contributed by atoms with E-state index < -0.39 is 5.54 Å². The molecule has 0 spiro atoms. The fraction of sp³-hybridized carbons (Fsp3) is 0.500. The maximum absolute atomic E-state index is 12.0. The Kier molecular flexibility index (Phi) is 5.90. The first-order valence-corrected chi connectivity index (χ1v) is 8.33. The fourth-order valence-corrected chi connectivity index (χ4v) is 3.25. The van der Waals surface area contributed by atoms with Crippen LogP contribution in [-0.4, -0.2) is 54.3 Å². The third-order valence-corrected chi connectivity index (χ3v) is 4.60. The fourth-order valence-electron chi connectivity index (χ4n) is 2.05. The molecule has 1 heterocycles. The van der Waals surface area contributed by atoms with E-state index in [1.54, 1.807) is 33.1 Å². The maximum atomic E-state index is 12.0. The third kappa shape index (κ3) is 4.17. The number of thioether (sulfide) groups is 1. The van der Waals surface area contributed by atoms with Crippen LogP contribution in [-0.2, 0) is 14.3 Å². The molecule has 1 atom stereocenters. The lowest BCUT2D eigenvalue weighted by Crippen LogP contribution is -2.35. The van der Waals surface area contributed by atoms with E-state index in [0.717, 1.165) is 0 Å². The highest BCUT2D eigenvalue weighted by Crippen LogP contribution is 2.35. The molecule has 2 rings (SSSR count). The minimum atomic E-state index is -0.907. The van der Waals surface area contributed by atoms with Crippen LogP contribution in [0.3, 0.4) is 0 Å². The van der Waals surface area contributed by atoms with Crippen molar-refractivity contribution in [2.24, 2.45) is 4.99 Å². The van der Waals surface area contributed by atoms with Crippen molar-refractivity contribution in [2.75, 3.05) is 32.7 Å². The minimum Gasteiger partial charge on any atom is -0.507 e. The summed E-state index contributed by atoms with van der Waals surface area (Å²) in [6.45, 7) is 4.71. The van der Waals surface area contributed by atoms with Crippen molar-refractivity contribution in [3.8, 4) is 11.5 Å².